The van der Waals surface area contributed by atoms with Crippen molar-refractivity contribution in [2.45, 2.75) is 33.1 Å². The van der Waals surface area contributed by atoms with E-state index in [0.717, 1.165) is 29.7 Å². The van der Waals surface area contributed by atoms with E-state index in [2.05, 4.69) is 22.8 Å². The zero-order valence-electron chi connectivity index (χ0n) is 16.7. The van der Waals surface area contributed by atoms with Crippen molar-refractivity contribution < 1.29 is 19.1 Å². The number of anilines is 1. The molecule has 0 aliphatic heterocycles. The van der Waals surface area contributed by atoms with Crippen molar-refractivity contribution in [3.63, 3.8) is 0 Å². The van der Waals surface area contributed by atoms with Gasteiger partial charge in [0.25, 0.3) is 0 Å². The predicted molar refractivity (Wildman–Crippen MR) is 117 cm³/mol. The summed E-state index contributed by atoms with van der Waals surface area (Å²) in [7, 11) is 0. The van der Waals surface area contributed by atoms with Crippen LogP contribution in [0.5, 0.6) is 0 Å². The van der Waals surface area contributed by atoms with Crippen LogP contribution in [0.15, 0.2) is 29.4 Å². The van der Waals surface area contributed by atoms with Crippen LogP contribution in [0.4, 0.5) is 5.00 Å². The van der Waals surface area contributed by atoms with Crippen molar-refractivity contribution in [2.75, 3.05) is 11.9 Å². The van der Waals surface area contributed by atoms with Gasteiger partial charge < -0.3 is 10.1 Å². The van der Waals surface area contributed by atoms with Gasteiger partial charge in [-0.05, 0) is 55.4 Å². The Hall–Kier alpha value is -2.71. The van der Waals surface area contributed by atoms with Crippen molar-refractivity contribution in [3.8, 4) is 0 Å². The van der Waals surface area contributed by atoms with Gasteiger partial charge in [0.15, 0.2) is 0 Å². The minimum absolute atomic E-state index is 0.228. The van der Waals surface area contributed by atoms with Crippen LogP contribution < -0.4 is 10.7 Å². The second-order valence-corrected chi connectivity index (χ2v) is 8.53. The van der Waals surface area contributed by atoms with Gasteiger partial charge in [-0.3, -0.25) is 9.59 Å². The van der Waals surface area contributed by atoms with Gasteiger partial charge in [0.05, 0.1) is 18.4 Å². The first kappa shape index (κ1) is 22.0. The quantitative estimate of drug-likeness (QED) is 0.315. The van der Waals surface area contributed by atoms with E-state index in [0.29, 0.717) is 27.1 Å². The van der Waals surface area contributed by atoms with Gasteiger partial charge in [-0.2, -0.15) is 5.10 Å². The molecule has 1 aliphatic rings. The van der Waals surface area contributed by atoms with Gasteiger partial charge in [0, 0.05) is 9.90 Å². The van der Waals surface area contributed by atoms with Gasteiger partial charge in [-0.1, -0.05) is 30.7 Å². The van der Waals surface area contributed by atoms with Crippen LogP contribution in [-0.2, 0) is 27.2 Å². The van der Waals surface area contributed by atoms with Crippen molar-refractivity contribution in [1.82, 2.24) is 5.43 Å². The number of esters is 1. The number of rotatable bonds is 5. The molecule has 0 radical (unpaired) electrons. The van der Waals surface area contributed by atoms with Crippen LogP contribution >= 0.6 is 22.9 Å². The zero-order valence-corrected chi connectivity index (χ0v) is 18.2. The van der Waals surface area contributed by atoms with E-state index >= 15 is 0 Å². The number of hydrogen-bond donors (Lipinski definition) is 2. The van der Waals surface area contributed by atoms with Gasteiger partial charge >= 0.3 is 17.8 Å². The molecule has 0 fully saturated rings. The number of carbonyl (C=O) groups excluding carboxylic acids is 3. The molecule has 0 spiro atoms. The lowest BCUT2D eigenvalue weighted by molar-refractivity contribution is -0.136. The van der Waals surface area contributed by atoms with Crippen LogP contribution in [0.25, 0.3) is 0 Å². The van der Waals surface area contributed by atoms with Gasteiger partial charge in [-0.15, -0.1) is 11.3 Å². The fourth-order valence-corrected chi connectivity index (χ4v) is 4.81. The maximum atomic E-state index is 12.5. The normalized spacial score (nSPS) is 15.5. The van der Waals surface area contributed by atoms with E-state index in [1.165, 1.54) is 17.6 Å². The average molecular weight is 448 g/mol. The number of benzene rings is 1. The van der Waals surface area contributed by atoms with Crippen LogP contribution in [-0.4, -0.2) is 30.6 Å². The summed E-state index contributed by atoms with van der Waals surface area (Å²) < 4.78 is 5.17. The minimum Gasteiger partial charge on any atom is -0.462 e. The highest BCUT2D eigenvalue weighted by Gasteiger charge is 2.30. The molecule has 158 valence electrons. The number of hydrazone groups is 1. The number of fused-ring (bicyclic) bond motifs is 1. The highest BCUT2D eigenvalue weighted by Crippen LogP contribution is 2.40. The number of nitrogens with zero attached hydrogens (tertiary/aromatic N) is 1. The predicted octanol–water partition coefficient (Wildman–Crippen LogP) is 3.79. The molecule has 1 aromatic heterocycles. The minimum atomic E-state index is -0.942. The molecule has 0 bridgehead atoms. The van der Waals surface area contributed by atoms with E-state index in [1.54, 1.807) is 31.2 Å². The maximum Gasteiger partial charge on any atom is 0.341 e. The summed E-state index contributed by atoms with van der Waals surface area (Å²) >= 11 is 7.21. The van der Waals surface area contributed by atoms with Crippen molar-refractivity contribution >= 4 is 51.9 Å². The van der Waals surface area contributed by atoms with E-state index < -0.39 is 17.8 Å². The van der Waals surface area contributed by atoms with Gasteiger partial charge in [0.2, 0.25) is 0 Å². The number of ether oxygens (including phenoxy) is 1. The third-order valence-electron chi connectivity index (χ3n) is 4.65. The highest BCUT2D eigenvalue weighted by atomic mass is 35.5. The molecule has 7 nitrogen and oxygen atoms in total. The largest absolute Gasteiger partial charge is 0.462 e. The number of thiophene rings is 1. The Kier molecular flexibility index (Phi) is 7.23. The Labute approximate surface area is 183 Å². The molecule has 2 aromatic rings. The third kappa shape index (κ3) is 5.25. The smallest absolute Gasteiger partial charge is 0.341 e. The van der Waals surface area contributed by atoms with Gasteiger partial charge in [0.1, 0.15) is 5.00 Å². The Balaban J connectivity index is 1.72. The molecule has 1 aliphatic carbocycles. The van der Waals surface area contributed by atoms with E-state index in [9.17, 15) is 14.4 Å². The number of amides is 2. The molecule has 0 saturated carbocycles. The molecular formula is C21H22ClN3O4S. The second kappa shape index (κ2) is 9.86. The van der Waals surface area contributed by atoms with Crippen LogP contribution in [0.3, 0.4) is 0 Å². The molecule has 30 heavy (non-hydrogen) atoms. The maximum absolute atomic E-state index is 12.5. The summed E-state index contributed by atoms with van der Waals surface area (Å²) in [5.74, 6) is -1.84. The molecule has 2 amide bonds. The molecule has 2 N–H and O–H groups in total. The molecule has 0 saturated heterocycles. The van der Waals surface area contributed by atoms with Crippen LogP contribution in [0, 0.1) is 5.92 Å². The summed E-state index contributed by atoms with van der Waals surface area (Å²) in [6.07, 6.45) is 3.92. The summed E-state index contributed by atoms with van der Waals surface area (Å²) in [5.41, 5.74) is 4.11. The lowest BCUT2D eigenvalue weighted by Crippen LogP contribution is -2.32. The number of hydrogen-bond acceptors (Lipinski definition) is 6. The topological polar surface area (TPSA) is 96.9 Å². The zero-order chi connectivity index (χ0) is 21.7. The van der Waals surface area contributed by atoms with Crippen molar-refractivity contribution in [1.29, 1.82) is 0 Å². The van der Waals surface area contributed by atoms with Crippen LogP contribution in [0.2, 0.25) is 5.02 Å². The molecule has 3 rings (SSSR count). The Morgan fingerprint density at radius 1 is 1.33 bits per heavy atom. The SMILES string of the molecule is CCOC(=O)c1c(NC(=O)C(=O)N/N=C\c2cccc(Cl)c2)sc2c1CC[C@H](C)C2. The molecule has 1 aromatic carbocycles. The summed E-state index contributed by atoms with van der Waals surface area (Å²) in [4.78, 5) is 38.0. The Bertz CT molecular complexity index is 1000. The summed E-state index contributed by atoms with van der Waals surface area (Å²) in [6, 6.07) is 6.88. The third-order valence-corrected chi connectivity index (χ3v) is 6.06. The van der Waals surface area contributed by atoms with E-state index in [4.69, 9.17) is 16.3 Å². The molecule has 1 atom stereocenters. The first-order valence-electron chi connectivity index (χ1n) is 9.60. The monoisotopic (exact) mass is 447 g/mol. The van der Waals surface area contributed by atoms with Crippen molar-refractivity contribution in [2.24, 2.45) is 11.0 Å². The first-order chi connectivity index (χ1) is 14.4. The Morgan fingerprint density at radius 3 is 2.87 bits per heavy atom. The number of nitrogens with one attached hydrogen (secondary N) is 2. The lowest BCUT2D eigenvalue weighted by atomic mass is 9.88. The summed E-state index contributed by atoms with van der Waals surface area (Å²) in [5, 5.41) is 7.20. The van der Waals surface area contributed by atoms with E-state index in [-0.39, 0.29) is 6.61 Å². The second-order valence-electron chi connectivity index (χ2n) is 6.98. The number of carbonyl (C=O) groups is 3. The molecule has 9 heteroatoms. The fraction of sp³-hybridized carbons (Fsp3) is 0.333. The summed E-state index contributed by atoms with van der Waals surface area (Å²) in [6.45, 7) is 4.10. The standard InChI is InChI=1S/C21H22ClN3O4S/c1-3-29-21(28)17-15-8-7-12(2)9-16(15)30-20(17)24-18(26)19(27)25-23-11-13-5-4-6-14(22)10-13/h4-6,10-12H,3,7-9H2,1-2H3,(H,24,26)(H,25,27)/b23-11-/t12-/m0/s1. The molecular weight excluding hydrogens is 426 g/mol. The molecule has 1 heterocycles. The van der Waals surface area contributed by atoms with Crippen molar-refractivity contribution in [3.05, 3.63) is 50.9 Å². The van der Waals surface area contributed by atoms with Gasteiger partial charge in [-0.25, -0.2) is 10.2 Å². The fourth-order valence-electron chi connectivity index (χ4n) is 3.22. The van der Waals surface area contributed by atoms with Crippen LogP contribution in [0.1, 0.15) is 46.6 Å². The highest BCUT2D eigenvalue weighted by molar-refractivity contribution is 7.17. The Morgan fingerprint density at radius 2 is 2.13 bits per heavy atom. The van der Waals surface area contributed by atoms with E-state index in [1.807, 2.05) is 0 Å². The first-order valence-corrected chi connectivity index (χ1v) is 10.8. The average Bonchev–Trinajstić information content (AvgIpc) is 3.04. The molecule has 0 unspecified atom stereocenters. The number of halogens is 1. The lowest BCUT2D eigenvalue weighted by Gasteiger charge is -2.18.